The average Bonchev–Trinajstić information content (AvgIpc) is 2.21. The zero-order valence-electron chi connectivity index (χ0n) is 11.8. The number of rotatable bonds is 9. The lowest BCUT2D eigenvalue weighted by molar-refractivity contribution is 0.211. The molecule has 0 fully saturated rings. The Morgan fingerprint density at radius 3 is 2.25 bits per heavy atom. The molecule has 0 aliphatic rings. The Labute approximate surface area is 102 Å². The molecule has 0 aromatic carbocycles. The molecule has 0 radical (unpaired) electrons. The van der Waals surface area contributed by atoms with Crippen LogP contribution in [0.15, 0.2) is 12.2 Å². The predicted molar refractivity (Wildman–Crippen MR) is 73.8 cm³/mol. The summed E-state index contributed by atoms with van der Waals surface area (Å²) in [6.07, 6.45) is 1.20. The SMILES string of the molecule is C=C(C)CN(CC)C(CC)CNCC(C)C. The summed E-state index contributed by atoms with van der Waals surface area (Å²) in [5.41, 5.74) is 1.25. The number of likely N-dealkylation sites (N-methyl/N-ethyl adjacent to an activating group) is 1. The largest absolute Gasteiger partial charge is 0.315 e. The van der Waals surface area contributed by atoms with Gasteiger partial charge in [-0.25, -0.2) is 0 Å². The van der Waals surface area contributed by atoms with Crippen LogP contribution in [-0.4, -0.2) is 37.1 Å². The molecule has 0 saturated heterocycles. The molecule has 0 rings (SSSR count). The van der Waals surface area contributed by atoms with Gasteiger partial charge in [-0.05, 0) is 32.4 Å². The zero-order chi connectivity index (χ0) is 12.6. The van der Waals surface area contributed by atoms with E-state index in [0.29, 0.717) is 6.04 Å². The van der Waals surface area contributed by atoms with E-state index < -0.39 is 0 Å². The Balaban J connectivity index is 4.06. The second kappa shape index (κ2) is 8.77. The number of nitrogens with zero attached hydrogens (tertiary/aromatic N) is 1. The van der Waals surface area contributed by atoms with Gasteiger partial charge in [0, 0.05) is 19.1 Å². The van der Waals surface area contributed by atoms with E-state index in [4.69, 9.17) is 0 Å². The van der Waals surface area contributed by atoms with Gasteiger partial charge >= 0.3 is 0 Å². The van der Waals surface area contributed by atoms with Gasteiger partial charge in [0.25, 0.3) is 0 Å². The summed E-state index contributed by atoms with van der Waals surface area (Å²) in [5, 5.41) is 3.55. The Morgan fingerprint density at radius 2 is 1.88 bits per heavy atom. The van der Waals surface area contributed by atoms with Crippen LogP contribution < -0.4 is 5.32 Å². The molecule has 1 unspecified atom stereocenters. The minimum Gasteiger partial charge on any atom is -0.315 e. The van der Waals surface area contributed by atoms with Crippen LogP contribution in [0, 0.1) is 5.92 Å². The monoisotopic (exact) mass is 226 g/mol. The van der Waals surface area contributed by atoms with E-state index >= 15 is 0 Å². The minimum absolute atomic E-state index is 0.639. The summed E-state index contributed by atoms with van der Waals surface area (Å²) in [6.45, 7) is 19.4. The van der Waals surface area contributed by atoms with Gasteiger partial charge in [0.1, 0.15) is 0 Å². The van der Waals surface area contributed by atoms with Gasteiger partial charge in [-0.2, -0.15) is 0 Å². The fourth-order valence-electron chi connectivity index (χ4n) is 1.92. The summed E-state index contributed by atoms with van der Waals surface area (Å²) in [6, 6.07) is 0.639. The van der Waals surface area contributed by atoms with E-state index in [0.717, 1.165) is 32.1 Å². The van der Waals surface area contributed by atoms with Crippen molar-refractivity contribution in [2.45, 2.75) is 47.1 Å². The van der Waals surface area contributed by atoms with Gasteiger partial charge in [-0.3, -0.25) is 4.90 Å². The van der Waals surface area contributed by atoms with Crippen molar-refractivity contribution in [1.82, 2.24) is 10.2 Å². The quantitative estimate of drug-likeness (QED) is 0.608. The van der Waals surface area contributed by atoms with Crippen molar-refractivity contribution in [1.29, 1.82) is 0 Å². The highest BCUT2D eigenvalue weighted by Crippen LogP contribution is 2.06. The minimum atomic E-state index is 0.639. The average molecular weight is 226 g/mol. The lowest BCUT2D eigenvalue weighted by Gasteiger charge is -2.30. The van der Waals surface area contributed by atoms with E-state index in [2.05, 4.69) is 51.4 Å². The second-order valence-electron chi connectivity index (χ2n) is 5.13. The van der Waals surface area contributed by atoms with Crippen molar-refractivity contribution >= 4 is 0 Å². The first-order valence-electron chi connectivity index (χ1n) is 6.60. The first kappa shape index (κ1) is 15.7. The highest BCUT2D eigenvalue weighted by Gasteiger charge is 2.14. The number of nitrogens with one attached hydrogen (secondary N) is 1. The maximum absolute atomic E-state index is 4.01. The third-order valence-corrected chi connectivity index (χ3v) is 2.80. The third-order valence-electron chi connectivity index (χ3n) is 2.80. The van der Waals surface area contributed by atoms with Gasteiger partial charge in [-0.1, -0.05) is 39.8 Å². The standard InChI is InChI=1S/C14H30N2/c1-7-14(10-15-9-12(3)4)16(8-2)11-13(5)6/h12,14-15H,5,7-11H2,1-4,6H3. The fraction of sp³-hybridized carbons (Fsp3) is 0.857. The van der Waals surface area contributed by atoms with Crippen molar-refractivity contribution in [2.75, 3.05) is 26.2 Å². The van der Waals surface area contributed by atoms with Gasteiger partial charge in [0.05, 0.1) is 0 Å². The summed E-state index contributed by atoms with van der Waals surface area (Å²) >= 11 is 0. The smallest absolute Gasteiger partial charge is 0.0221 e. The van der Waals surface area contributed by atoms with Crippen LogP contribution in [0.4, 0.5) is 0 Å². The zero-order valence-corrected chi connectivity index (χ0v) is 11.8. The molecular formula is C14H30N2. The van der Waals surface area contributed by atoms with Crippen LogP contribution in [0.2, 0.25) is 0 Å². The van der Waals surface area contributed by atoms with Gasteiger partial charge in [0.2, 0.25) is 0 Å². The molecule has 1 atom stereocenters. The summed E-state index contributed by atoms with van der Waals surface area (Å²) in [4.78, 5) is 2.51. The molecule has 0 bridgehead atoms. The normalized spacial score (nSPS) is 13.4. The van der Waals surface area contributed by atoms with Gasteiger partial charge in [-0.15, -0.1) is 0 Å². The highest BCUT2D eigenvalue weighted by molar-refractivity contribution is 4.93. The van der Waals surface area contributed by atoms with Gasteiger partial charge in [0.15, 0.2) is 0 Å². The maximum Gasteiger partial charge on any atom is 0.0221 e. The number of hydrogen-bond acceptors (Lipinski definition) is 2. The van der Waals surface area contributed by atoms with Crippen LogP contribution in [0.25, 0.3) is 0 Å². The van der Waals surface area contributed by atoms with Crippen molar-refractivity contribution in [3.63, 3.8) is 0 Å². The Morgan fingerprint density at radius 1 is 1.25 bits per heavy atom. The third kappa shape index (κ3) is 7.02. The van der Waals surface area contributed by atoms with E-state index in [-0.39, 0.29) is 0 Å². The summed E-state index contributed by atoms with van der Waals surface area (Å²) in [5.74, 6) is 0.730. The van der Waals surface area contributed by atoms with Crippen LogP contribution in [-0.2, 0) is 0 Å². The molecule has 0 saturated carbocycles. The highest BCUT2D eigenvalue weighted by atomic mass is 15.2. The molecular weight excluding hydrogens is 196 g/mol. The maximum atomic E-state index is 4.01. The second-order valence-corrected chi connectivity index (χ2v) is 5.13. The molecule has 16 heavy (non-hydrogen) atoms. The molecule has 0 amide bonds. The van der Waals surface area contributed by atoms with Crippen molar-refractivity contribution < 1.29 is 0 Å². The fourth-order valence-corrected chi connectivity index (χ4v) is 1.92. The summed E-state index contributed by atoms with van der Waals surface area (Å²) in [7, 11) is 0. The Kier molecular flexibility index (Phi) is 8.58. The van der Waals surface area contributed by atoms with Crippen LogP contribution >= 0.6 is 0 Å². The Bertz CT molecular complexity index is 187. The van der Waals surface area contributed by atoms with Crippen molar-refractivity contribution in [2.24, 2.45) is 5.92 Å². The molecule has 0 aliphatic heterocycles. The summed E-state index contributed by atoms with van der Waals surface area (Å²) < 4.78 is 0. The lowest BCUT2D eigenvalue weighted by Crippen LogP contribution is -2.43. The molecule has 0 heterocycles. The van der Waals surface area contributed by atoms with Crippen molar-refractivity contribution in [3.8, 4) is 0 Å². The van der Waals surface area contributed by atoms with Crippen LogP contribution in [0.3, 0.4) is 0 Å². The van der Waals surface area contributed by atoms with E-state index in [1.54, 1.807) is 0 Å². The van der Waals surface area contributed by atoms with E-state index in [1.807, 2.05) is 0 Å². The molecule has 1 N–H and O–H groups in total. The van der Waals surface area contributed by atoms with E-state index in [1.165, 1.54) is 12.0 Å². The molecule has 0 spiro atoms. The molecule has 0 aromatic heterocycles. The van der Waals surface area contributed by atoms with Gasteiger partial charge < -0.3 is 5.32 Å². The van der Waals surface area contributed by atoms with E-state index in [9.17, 15) is 0 Å². The topological polar surface area (TPSA) is 15.3 Å². The number of hydrogen-bond donors (Lipinski definition) is 1. The first-order chi connectivity index (χ1) is 7.51. The van der Waals surface area contributed by atoms with Crippen LogP contribution in [0.1, 0.15) is 41.0 Å². The molecule has 0 aliphatic carbocycles. The van der Waals surface area contributed by atoms with Crippen LogP contribution in [0.5, 0.6) is 0 Å². The molecule has 0 aromatic rings. The predicted octanol–water partition coefficient (Wildman–Crippen LogP) is 2.91. The van der Waals surface area contributed by atoms with Crippen molar-refractivity contribution in [3.05, 3.63) is 12.2 Å². The molecule has 96 valence electrons. The molecule has 2 heteroatoms. The Hall–Kier alpha value is -0.340. The first-order valence-corrected chi connectivity index (χ1v) is 6.60. The lowest BCUT2D eigenvalue weighted by atomic mass is 10.1. The molecule has 2 nitrogen and oxygen atoms in total.